The third-order valence-electron chi connectivity index (χ3n) is 1.31. The molecule has 0 spiro atoms. The molecule has 0 saturated carbocycles. The molecule has 0 amide bonds. The maximum atomic E-state index is 5.20. The Morgan fingerprint density at radius 2 is 2.33 bits per heavy atom. The standard InChI is InChI=1S/C8H11N/c9-7-6-8-4-2-1-3-5-8/h2,4-7H,1,3,9H2/b7-6-. The first-order valence-electron chi connectivity index (χ1n) is 3.18. The second kappa shape index (κ2) is 3.13. The monoisotopic (exact) mass is 121 g/mol. The molecule has 0 aromatic carbocycles. The molecule has 0 fully saturated rings. The van der Waals surface area contributed by atoms with Crippen LogP contribution in [-0.2, 0) is 0 Å². The molecule has 2 N–H and O–H groups in total. The van der Waals surface area contributed by atoms with E-state index < -0.39 is 0 Å². The van der Waals surface area contributed by atoms with Crippen molar-refractivity contribution in [1.82, 2.24) is 0 Å². The number of hydrogen-bond donors (Lipinski definition) is 1. The minimum Gasteiger partial charge on any atom is -0.405 e. The minimum atomic E-state index is 1.15. The highest BCUT2D eigenvalue weighted by molar-refractivity contribution is 5.32. The van der Waals surface area contributed by atoms with Crippen molar-refractivity contribution in [2.75, 3.05) is 0 Å². The van der Waals surface area contributed by atoms with E-state index in [2.05, 4.69) is 18.2 Å². The van der Waals surface area contributed by atoms with E-state index >= 15 is 0 Å². The van der Waals surface area contributed by atoms with Crippen molar-refractivity contribution in [2.24, 2.45) is 5.73 Å². The van der Waals surface area contributed by atoms with Gasteiger partial charge >= 0.3 is 0 Å². The molecule has 1 heteroatoms. The largest absolute Gasteiger partial charge is 0.405 e. The Morgan fingerprint density at radius 3 is 2.89 bits per heavy atom. The fourth-order valence-electron chi connectivity index (χ4n) is 0.868. The van der Waals surface area contributed by atoms with Crippen LogP contribution in [0.5, 0.6) is 0 Å². The average Bonchev–Trinajstić information content (AvgIpc) is 1.91. The molecule has 1 rings (SSSR count). The summed E-state index contributed by atoms with van der Waals surface area (Å²) in [4.78, 5) is 0. The van der Waals surface area contributed by atoms with Crippen molar-refractivity contribution in [2.45, 2.75) is 12.8 Å². The van der Waals surface area contributed by atoms with Gasteiger partial charge in [-0.2, -0.15) is 0 Å². The normalized spacial score (nSPS) is 18.4. The van der Waals surface area contributed by atoms with Crippen molar-refractivity contribution in [3.8, 4) is 0 Å². The minimum absolute atomic E-state index is 1.15. The van der Waals surface area contributed by atoms with E-state index in [4.69, 9.17) is 5.73 Å². The Hall–Kier alpha value is -0.980. The lowest BCUT2D eigenvalue weighted by Gasteiger charge is -1.98. The van der Waals surface area contributed by atoms with Gasteiger partial charge < -0.3 is 5.73 Å². The van der Waals surface area contributed by atoms with Crippen LogP contribution in [0, 0.1) is 0 Å². The lowest BCUT2D eigenvalue weighted by Crippen LogP contribution is -1.82. The zero-order valence-corrected chi connectivity index (χ0v) is 5.38. The van der Waals surface area contributed by atoms with Crippen molar-refractivity contribution < 1.29 is 0 Å². The quantitative estimate of drug-likeness (QED) is 0.561. The second-order valence-corrected chi connectivity index (χ2v) is 2.04. The molecule has 0 aliphatic heterocycles. The predicted octanol–water partition coefficient (Wildman–Crippen LogP) is 1.74. The van der Waals surface area contributed by atoms with Gasteiger partial charge in [-0.3, -0.25) is 0 Å². The molecule has 1 aliphatic carbocycles. The summed E-state index contributed by atoms with van der Waals surface area (Å²) in [5.41, 5.74) is 6.43. The van der Waals surface area contributed by atoms with Gasteiger partial charge in [-0.15, -0.1) is 0 Å². The van der Waals surface area contributed by atoms with Crippen LogP contribution in [0.2, 0.25) is 0 Å². The molecule has 0 radical (unpaired) electrons. The molecule has 9 heavy (non-hydrogen) atoms. The summed E-state index contributed by atoms with van der Waals surface area (Å²) >= 11 is 0. The summed E-state index contributed by atoms with van der Waals surface area (Å²) in [6.45, 7) is 0. The third kappa shape index (κ3) is 1.76. The molecule has 0 atom stereocenters. The van der Waals surface area contributed by atoms with Crippen LogP contribution < -0.4 is 5.73 Å². The third-order valence-corrected chi connectivity index (χ3v) is 1.31. The Kier molecular flexibility index (Phi) is 2.13. The van der Waals surface area contributed by atoms with E-state index in [0.29, 0.717) is 0 Å². The molecule has 0 aromatic heterocycles. The van der Waals surface area contributed by atoms with Crippen LogP contribution in [-0.4, -0.2) is 0 Å². The molecule has 1 aliphatic rings. The molecular weight excluding hydrogens is 110 g/mol. The Balaban J connectivity index is 2.58. The zero-order chi connectivity index (χ0) is 6.53. The number of nitrogens with two attached hydrogens (primary N) is 1. The Bertz CT molecular complexity index is 159. The summed E-state index contributed by atoms with van der Waals surface area (Å²) in [5, 5.41) is 0. The SMILES string of the molecule is N/C=C\C1=CCCC=C1. The first-order valence-corrected chi connectivity index (χ1v) is 3.18. The summed E-state index contributed by atoms with van der Waals surface area (Å²) in [6.07, 6.45) is 12.2. The molecule has 0 saturated heterocycles. The fourth-order valence-corrected chi connectivity index (χ4v) is 0.868. The van der Waals surface area contributed by atoms with Gasteiger partial charge in [-0.05, 0) is 30.7 Å². The van der Waals surface area contributed by atoms with Gasteiger partial charge in [0.2, 0.25) is 0 Å². The van der Waals surface area contributed by atoms with Gasteiger partial charge in [0.15, 0.2) is 0 Å². The maximum absolute atomic E-state index is 5.20. The first-order chi connectivity index (χ1) is 4.43. The highest BCUT2D eigenvalue weighted by atomic mass is 14.5. The smallest absolute Gasteiger partial charge is 0.00565 e. The van der Waals surface area contributed by atoms with E-state index in [-0.39, 0.29) is 0 Å². The van der Waals surface area contributed by atoms with Gasteiger partial charge in [0.1, 0.15) is 0 Å². The van der Waals surface area contributed by atoms with Crippen LogP contribution in [0.3, 0.4) is 0 Å². The van der Waals surface area contributed by atoms with E-state index in [1.165, 1.54) is 12.0 Å². The van der Waals surface area contributed by atoms with Crippen molar-refractivity contribution >= 4 is 0 Å². The maximum Gasteiger partial charge on any atom is -0.00565 e. The summed E-state index contributed by atoms with van der Waals surface area (Å²) in [5.74, 6) is 0. The van der Waals surface area contributed by atoms with Crippen molar-refractivity contribution in [3.63, 3.8) is 0 Å². The average molecular weight is 121 g/mol. The van der Waals surface area contributed by atoms with Gasteiger partial charge in [0.05, 0.1) is 0 Å². The number of allylic oxidation sites excluding steroid dienone is 5. The van der Waals surface area contributed by atoms with E-state index in [1.54, 1.807) is 6.20 Å². The molecule has 1 nitrogen and oxygen atoms in total. The van der Waals surface area contributed by atoms with E-state index in [9.17, 15) is 0 Å². The topological polar surface area (TPSA) is 26.0 Å². The molecule has 48 valence electrons. The highest BCUT2D eigenvalue weighted by Gasteiger charge is 1.89. The van der Waals surface area contributed by atoms with Crippen LogP contribution in [0.25, 0.3) is 0 Å². The summed E-state index contributed by atoms with van der Waals surface area (Å²) in [6, 6.07) is 0. The lowest BCUT2D eigenvalue weighted by molar-refractivity contribution is 1.02. The molecule has 0 heterocycles. The van der Waals surface area contributed by atoms with Crippen LogP contribution in [0.4, 0.5) is 0 Å². The fraction of sp³-hybridized carbons (Fsp3) is 0.250. The Labute approximate surface area is 55.6 Å². The first kappa shape index (κ1) is 6.14. The van der Waals surface area contributed by atoms with E-state index in [0.717, 1.165) is 6.42 Å². The number of hydrogen-bond acceptors (Lipinski definition) is 1. The summed E-state index contributed by atoms with van der Waals surface area (Å²) < 4.78 is 0. The highest BCUT2D eigenvalue weighted by Crippen LogP contribution is 2.09. The summed E-state index contributed by atoms with van der Waals surface area (Å²) in [7, 11) is 0. The molecule has 0 bridgehead atoms. The van der Waals surface area contributed by atoms with Gasteiger partial charge in [0, 0.05) is 0 Å². The number of rotatable bonds is 1. The second-order valence-electron chi connectivity index (χ2n) is 2.04. The predicted molar refractivity (Wildman–Crippen MR) is 39.8 cm³/mol. The van der Waals surface area contributed by atoms with Crippen LogP contribution in [0.1, 0.15) is 12.8 Å². The Morgan fingerprint density at radius 1 is 1.44 bits per heavy atom. The zero-order valence-electron chi connectivity index (χ0n) is 5.38. The van der Waals surface area contributed by atoms with Gasteiger partial charge in [-0.25, -0.2) is 0 Å². The lowest BCUT2D eigenvalue weighted by atomic mass is 10.1. The molecule has 0 unspecified atom stereocenters. The van der Waals surface area contributed by atoms with Crippen molar-refractivity contribution in [1.29, 1.82) is 0 Å². The van der Waals surface area contributed by atoms with Crippen molar-refractivity contribution in [3.05, 3.63) is 36.1 Å². The van der Waals surface area contributed by atoms with Crippen LogP contribution >= 0.6 is 0 Å². The van der Waals surface area contributed by atoms with Gasteiger partial charge in [0.25, 0.3) is 0 Å². The van der Waals surface area contributed by atoms with E-state index in [1.807, 2.05) is 6.08 Å². The van der Waals surface area contributed by atoms with Crippen LogP contribution in [0.15, 0.2) is 36.1 Å². The molecular formula is C8H11N. The van der Waals surface area contributed by atoms with Gasteiger partial charge in [-0.1, -0.05) is 18.2 Å². The molecule has 0 aromatic rings.